The van der Waals surface area contributed by atoms with E-state index in [9.17, 15) is 4.79 Å². The SMILES string of the molecule is CCNC(=O)CO.[HH]. The molecule has 0 aromatic heterocycles. The first-order valence-corrected chi connectivity index (χ1v) is 2.18. The van der Waals surface area contributed by atoms with Crippen LogP contribution < -0.4 is 5.32 Å². The van der Waals surface area contributed by atoms with E-state index >= 15 is 0 Å². The second-order valence-corrected chi connectivity index (χ2v) is 1.11. The Balaban J connectivity index is 0. The Hall–Kier alpha value is -0.570. The largest absolute Gasteiger partial charge is 0.387 e. The highest BCUT2D eigenvalue weighted by atomic mass is 16.3. The van der Waals surface area contributed by atoms with Crippen molar-refractivity contribution in [1.29, 1.82) is 0 Å². The van der Waals surface area contributed by atoms with E-state index in [-0.39, 0.29) is 7.33 Å². The molecular weight excluding hydrogens is 94.0 g/mol. The van der Waals surface area contributed by atoms with E-state index in [2.05, 4.69) is 5.32 Å². The lowest BCUT2D eigenvalue weighted by molar-refractivity contribution is -0.123. The van der Waals surface area contributed by atoms with Crippen LogP contribution in [0.25, 0.3) is 0 Å². The molecule has 0 saturated carbocycles. The van der Waals surface area contributed by atoms with Crippen LogP contribution in [0.4, 0.5) is 0 Å². The molecule has 0 aliphatic heterocycles. The molecule has 44 valence electrons. The first kappa shape index (κ1) is 6.43. The molecule has 0 atom stereocenters. The molecule has 0 heterocycles. The summed E-state index contributed by atoms with van der Waals surface area (Å²) in [6.07, 6.45) is 0. The summed E-state index contributed by atoms with van der Waals surface area (Å²) in [4.78, 5) is 10.1. The smallest absolute Gasteiger partial charge is 0.245 e. The van der Waals surface area contributed by atoms with Gasteiger partial charge >= 0.3 is 0 Å². The van der Waals surface area contributed by atoms with Crippen molar-refractivity contribution < 1.29 is 11.3 Å². The molecule has 0 rings (SSSR count). The molecule has 3 nitrogen and oxygen atoms in total. The number of amides is 1. The highest BCUT2D eigenvalue weighted by molar-refractivity contribution is 5.76. The molecule has 0 spiro atoms. The van der Waals surface area contributed by atoms with Gasteiger partial charge in [0, 0.05) is 7.97 Å². The van der Waals surface area contributed by atoms with Gasteiger partial charge in [0.15, 0.2) is 0 Å². The molecule has 2 N–H and O–H groups in total. The maximum Gasteiger partial charge on any atom is 0.245 e. The second-order valence-electron chi connectivity index (χ2n) is 1.11. The lowest BCUT2D eigenvalue weighted by Gasteiger charge is -1.93. The third kappa shape index (κ3) is 3.26. The van der Waals surface area contributed by atoms with Crippen molar-refractivity contribution in [2.24, 2.45) is 0 Å². The monoisotopic (exact) mass is 105 g/mol. The zero-order chi connectivity index (χ0) is 5.70. The minimum Gasteiger partial charge on any atom is -0.387 e. The van der Waals surface area contributed by atoms with Crippen LogP contribution >= 0.6 is 0 Å². The Bertz CT molecular complexity index is 67.1. The predicted octanol–water partition coefficient (Wildman–Crippen LogP) is -0.639. The lowest BCUT2D eigenvalue weighted by atomic mass is 10.6. The van der Waals surface area contributed by atoms with E-state index in [1.165, 1.54) is 0 Å². The zero-order valence-electron chi connectivity index (χ0n) is 4.27. The number of nitrogens with one attached hydrogen (secondary N) is 1. The van der Waals surface area contributed by atoms with Gasteiger partial charge in [-0.3, -0.25) is 4.79 Å². The van der Waals surface area contributed by atoms with Gasteiger partial charge in [0.05, 0.1) is 0 Å². The van der Waals surface area contributed by atoms with E-state index in [4.69, 9.17) is 5.11 Å². The fourth-order valence-corrected chi connectivity index (χ4v) is 0.253. The second kappa shape index (κ2) is 3.61. The third-order valence-corrected chi connectivity index (χ3v) is 0.518. The Kier molecular flexibility index (Phi) is 3.32. The summed E-state index contributed by atoms with van der Waals surface area (Å²) in [5, 5.41) is 10.5. The van der Waals surface area contributed by atoms with E-state index < -0.39 is 6.61 Å². The molecule has 0 saturated heterocycles. The molecule has 1 amide bonds. The van der Waals surface area contributed by atoms with Crippen molar-refractivity contribution >= 4 is 5.91 Å². The third-order valence-electron chi connectivity index (χ3n) is 0.518. The molecule has 0 aliphatic rings. The Morgan fingerprint density at radius 1 is 2.00 bits per heavy atom. The van der Waals surface area contributed by atoms with Gasteiger partial charge in [0.2, 0.25) is 5.91 Å². The number of carbonyl (C=O) groups excluding carboxylic acids is 1. The van der Waals surface area contributed by atoms with Crippen molar-refractivity contribution in [3.8, 4) is 0 Å². The number of aliphatic hydroxyl groups excluding tert-OH is 1. The fraction of sp³-hybridized carbons (Fsp3) is 0.750. The number of hydrogen-bond donors (Lipinski definition) is 2. The van der Waals surface area contributed by atoms with Crippen LogP contribution in [-0.2, 0) is 4.79 Å². The quantitative estimate of drug-likeness (QED) is 0.490. The van der Waals surface area contributed by atoms with Crippen LogP contribution in [0.15, 0.2) is 0 Å². The van der Waals surface area contributed by atoms with E-state index in [1.807, 2.05) is 0 Å². The van der Waals surface area contributed by atoms with Gasteiger partial charge in [-0.2, -0.15) is 0 Å². The Morgan fingerprint density at radius 2 is 2.57 bits per heavy atom. The van der Waals surface area contributed by atoms with Crippen molar-refractivity contribution in [2.45, 2.75) is 6.92 Å². The summed E-state index contributed by atoms with van der Waals surface area (Å²) in [7, 11) is 0. The first-order valence-electron chi connectivity index (χ1n) is 2.18. The molecule has 0 radical (unpaired) electrons. The van der Waals surface area contributed by atoms with E-state index in [0.29, 0.717) is 6.54 Å². The summed E-state index contributed by atoms with van der Waals surface area (Å²) in [5.74, 6) is -0.317. The minimum absolute atomic E-state index is 0. The number of likely N-dealkylation sites (N-methyl/N-ethyl adjacent to an activating group) is 1. The standard InChI is InChI=1S/C4H9NO2.H2/c1-2-5-4(7)3-6;/h6H,2-3H2,1H3,(H,5,7);1H. The van der Waals surface area contributed by atoms with Gasteiger partial charge < -0.3 is 10.4 Å². The average molecular weight is 105 g/mol. The average Bonchev–Trinajstić information content (AvgIpc) is 1.68. The number of rotatable bonds is 2. The summed E-state index contributed by atoms with van der Waals surface area (Å²) >= 11 is 0. The summed E-state index contributed by atoms with van der Waals surface area (Å²) in [5.41, 5.74) is 0. The van der Waals surface area contributed by atoms with Crippen LogP contribution in [0.3, 0.4) is 0 Å². The predicted molar refractivity (Wildman–Crippen MR) is 27.9 cm³/mol. The summed E-state index contributed by atoms with van der Waals surface area (Å²) in [6, 6.07) is 0. The number of hydrogen-bond acceptors (Lipinski definition) is 2. The molecule has 0 unspecified atom stereocenters. The Labute approximate surface area is 43.8 Å². The van der Waals surface area contributed by atoms with Crippen LogP contribution in [0, 0.1) is 0 Å². The Morgan fingerprint density at radius 3 is 2.71 bits per heavy atom. The zero-order valence-corrected chi connectivity index (χ0v) is 4.27. The molecule has 0 aliphatic carbocycles. The van der Waals surface area contributed by atoms with Gasteiger partial charge in [-0.05, 0) is 6.92 Å². The van der Waals surface area contributed by atoms with Gasteiger partial charge in [0.25, 0.3) is 0 Å². The fourth-order valence-electron chi connectivity index (χ4n) is 0.253. The molecular formula is C4H11NO2. The van der Waals surface area contributed by atoms with Crippen molar-refractivity contribution in [2.75, 3.05) is 13.2 Å². The highest BCUT2D eigenvalue weighted by Crippen LogP contribution is 1.57. The van der Waals surface area contributed by atoms with Crippen molar-refractivity contribution in [3.05, 3.63) is 0 Å². The topological polar surface area (TPSA) is 49.3 Å². The molecule has 0 bridgehead atoms. The highest BCUT2D eigenvalue weighted by Gasteiger charge is 1.89. The van der Waals surface area contributed by atoms with E-state index in [0.717, 1.165) is 0 Å². The van der Waals surface area contributed by atoms with Crippen LogP contribution in [-0.4, -0.2) is 24.2 Å². The number of carbonyl (C=O) groups is 1. The van der Waals surface area contributed by atoms with Crippen LogP contribution in [0.1, 0.15) is 8.35 Å². The van der Waals surface area contributed by atoms with Crippen LogP contribution in [0.2, 0.25) is 0 Å². The van der Waals surface area contributed by atoms with Crippen molar-refractivity contribution in [3.63, 3.8) is 0 Å². The van der Waals surface area contributed by atoms with Gasteiger partial charge in [-0.1, -0.05) is 0 Å². The summed E-state index contributed by atoms with van der Waals surface area (Å²) in [6.45, 7) is 1.97. The van der Waals surface area contributed by atoms with Crippen molar-refractivity contribution in [1.82, 2.24) is 5.32 Å². The van der Waals surface area contributed by atoms with Gasteiger partial charge in [-0.15, -0.1) is 0 Å². The molecule has 0 aromatic rings. The van der Waals surface area contributed by atoms with Crippen LogP contribution in [0.5, 0.6) is 0 Å². The van der Waals surface area contributed by atoms with Gasteiger partial charge in [-0.25, -0.2) is 0 Å². The van der Waals surface area contributed by atoms with E-state index in [1.54, 1.807) is 6.92 Å². The summed E-state index contributed by atoms with van der Waals surface area (Å²) < 4.78 is 0. The first-order chi connectivity index (χ1) is 3.31. The maximum absolute atomic E-state index is 10.1. The van der Waals surface area contributed by atoms with Gasteiger partial charge in [0.1, 0.15) is 6.61 Å². The molecule has 3 heteroatoms. The normalized spacial score (nSPS) is 8.29. The maximum atomic E-state index is 10.1. The molecule has 7 heavy (non-hydrogen) atoms. The minimum atomic E-state index is -0.409. The number of aliphatic hydroxyl groups is 1. The molecule has 0 fully saturated rings. The lowest BCUT2D eigenvalue weighted by Crippen LogP contribution is -2.25. The molecule has 0 aromatic carbocycles.